The van der Waals surface area contributed by atoms with Crippen LogP contribution in [-0.4, -0.2) is 45.9 Å². The molecule has 0 bridgehead atoms. The molecule has 1 atom stereocenters. The lowest BCUT2D eigenvalue weighted by Crippen LogP contribution is -2.40. The van der Waals surface area contributed by atoms with Crippen molar-refractivity contribution >= 4 is 16.9 Å². The summed E-state index contributed by atoms with van der Waals surface area (Å²) in [5.41, 5.74) is 2.10. The molecule has 128 valence electrons. The second-order valence-electron chi connectivity index (χ2n) is 6.99. The molecule has 1 aromatic heterocycles. The van der Waals surface area contributed by atoms with Gasteiger partial charge in [0.1, 0.15) is 11.3 Å². The Morgan fingerprint density at radius 1 is 1.21 bits per heavy atom. The molecule has 1 aliphatic heterocycles. The van der Waals surface area contributed by atoms with Gasteiger partial charge in [-0.2, -0.15) is 0 Å². The van der Waals surface area contributed by atoms with Crippen LogP contribution < -0.4 is 4.74 Å². The summed E-state index contributed by atoms with van der Waals surface area (Å²) in [6, 6.07) is 4.00. The number of H-pyrrole nitrogens is 1. The Kier molecular flexibility index (Phi) is 4.12. The largest absolute Gasteiger partial charge is 0.496 e. The van der Waals surface area contributed by atoms with Crippen LogP contribution in [0.25, 0.3) is 11.0 Å². The highest BCUT2D eigenvalue weighted by atomic mass is 16.5. The summed E-state index contributed by atoms with van der Waals surface area (Å²) in [5.74, 6) is 1.32. The molecule has 4 rings (SSSR count). The zero-order valence-corrected chi connectivity index (χ0v) is 14.1. The number of aromatic nitrogens is 3. The van der Waals surface area contributed by atoms with Gasteiger partial charge in [0.05, 0.1) is 18.2 Å². The Hall–Kier alpha value is -2.11. The lowest BCUT2D eigenvalue weighted by atomic mass is 9.83. The van der Waals surface area contributed by atoms with Crippen LogP contribution in [0, 0.1) is 5.92 Å². The molecular weight excluding hydrogens is 304 g/mol. The van der Waals surface area contributed by atoms with Crippen molar-refractivity contribution in [1.82, 2.24) is 20.3 Å². The van der Waals surface area contributed by atoms with Gasteiger partial charge in [0, 0.05) is 18.7 Å². The SMILES string of the molecule is COc1cc2nn[nH]c2cc1C(=O)N1CCC[C@H]1C1CCCCC1. The number of nitrogens with zero attached hydrogens (tertiary/aromatic N) is 3. The number of nitrogens with one attached hydrogen (secondary N) is 1. The Labute approximate surface area is 141 Å². The van der Waals surface area contributed by atoms with Crippen LogP contribution >= 0.6 is 0 Å². The minimum atomic E-state index is 0.0800. The monoisotopic (exact) mass is 328 g/mol. The van der Waals surface area contributed by atoms with E-state index in [1.165, 1.54) is 32.1 Å². The topological polar surface area (TPSA) is 71.1 Å². The van der Waals surface area contributed by atoms with Crippen LogP contribution in [-0.2, 0) is 0 Å². The highest BCUT2D eigenvalue weighted by Gasteiger charge is 2.36. The molecule has 1 aromatic carbocycles. The van der Waals surface area contributed by atoms with Gasteiger partial charge < -0.3 is 9.64 Å². The number of ether oxygens (including phenoxy) is 1. The van der Waals surface area contributed by atoms with Crippen LogP contribution in [0.2, 0.25) is 0 Å². The van der Waals surface area contributed by atoms with Gasteiger partial charge in [-0.15, -0.1) is 5.10 Å². The number of likely N-dealkylation sites (tertiary alicyclic amines) is 1. The third kappa shape index (κ3) is 2.64. The van der Waals surface area contributed by atoms with Crippen molar-refractivity contribution in [3.05, 3.63) is 17.7 Å². The number of fused-ring (bicyclic) bond motifs is 1. The summed E-state index contributed by atoms with van der Waals surface area (Å²) in [4.78, 5) is 15.3. The van der Waals surface area contributed by atoms with Crippen molar-refractivity contribution in [2.24, 2.45) is 5.92 Å². The van der Waals surface area contributed by atoms with E-state index in [2.05, 4.69) is 20.3 Å². The minimum Gasteiger partial charge on any atom is -0.496 e. The van der Waals surface area contributed by atoms with E-state index in [9.17, 15) is 4.79 Å². The third-order valence-corrected chi connectivity index (χ3v) is 5.63. The second kappa shape index (κ2) is 6.42. The van der Waals surface area contributed by atoms with Gasteiger partial charge in [-0.05, 0) is 37.7 Å². The average Bonchev–Trinajstić information content (AvgIpc) is 3.29. The quantitative estimate of drug-likeness (QED) is 0.939. The Morgan fingerprint density at radius 2 is 2.04 bits per heavy atom. The maximum Gasteiger partial charge on any atom is 0.257 e. The number of hydrogen-bond acceptors (Lipinski definition) is 4. The fourth-order valence-electron chi connectivity index (χ4n) is 4.42. The first kappa shape index (κ1) is 15.4. The fraction of sp³-hybridized carbons (Fsp3) is 0.611. The van der Waals surface area contributed by atoms with E-state index in [0.717, 1.165) is 24.9 Å². The second-order valence-corrected chi connectivity index (χ2v) is 6.99. The van der Waals surface area contributed by atoms with Gasteiger partial charge in [-0.25, -0.2) is 0 Å². The number of amides is 1. The van der Waals surface area contributed by atoms with Crippen molar-refractivity contribution in [2.75, 3.05) is 13.7 Å². The Bertz CT molecular complexity index is 736. The van der Waals surface area contributed by atoms with Gasteiger partial charge in [-0.1, -0.05) is 24.5 Å². The van der Waals surface area contributed by atoms with Gasteiger partial charge in [0.25, 0.3) is 5.91 Å². The van der Waals surface area contributed by atoms with E-state index in [-0.39, 0.29) is 5.91 Å². The maximum absolute atomic E-state index is 13.2. The first-order valence-electron chi connectivity index (χ1n) is 8.97. The molecular formula is C18H24N4O2. The molecule has 6 nitrogen and oxygen atoms in total. The molecule has 1 saturated carbocycles. The summed E-state index contributed by atoms with van der Waals surface area (Å²) < 4.78 is 5.46. The molecule has 0 unspecified atom stereocenters. The van der Waals surface area contributed by atoms with E-state index in [0.29, 0.717) is 28.8 Å². The first-order chi connectivity index (χ1) is 11.8. The molecule has 24 heavy (non-hydrogen) atoms. The predicted molar refractivity (Wildman–Crippen MR) is 91.1 cm³/mol. The van der Waals surface area contributed by atoms with Crippen LogP contribution in [0.15, 0.2) is 12.1 Å². The molecule has 0 spiro atoms. The number of carbonyl (C=O) groups excluding carboxylic acids is 1. The van der Waals surface area contributed by atoms with E-state index in [1.54, 1.807) is 13.2 Å². The molecule has 1 aliphatic carbocycles. The molecule has 6 heteroatoms. The normalized spacial score (nSPS) is 22.2. The highest BCUT2D eigenvalue weighted by Crippen LogP contribution is 2.36. The van der Waals surface area contributed by atoms with E-state index in [1.807, 2.05) is 6.07 Å². The molecule has 1 N–H and O–H groups in total. The van der Waals surface area contributed by atoms with Crippen molar-refractivity contribution in [2.45, 2.75) is 51.0 Å². The fourth-order valence-corrected chi connectivity index (χ4v) is 4.42. The van der Waals surface area contributed by atoms with Crippen LogP contribution in [0.5, 0.6) is 5.75 Å². The van der Waals surface area contributed by atoms with Crippen molar-refractivity contribution < 1.29 is 9.53 Å². The Morgan fingerprint density at radius 3 is 2.83 bits per heavy atom. The van der Waals surface area contributed by atoms with Crippen LogP contribution in [0.4, 0.5) is 0 Å². The van der Waals surface area contributed by atoms with Gasteiger partial charge in [-0.3, -0.25) is 9.89 Å². The smallest absolute Gasteiger partial charge is 0.257 e. The summed E-state index contributed by atoms with van der Waals surface area (Å²) in [6.07, 6.45) is 8.70. The van der Waals surface area contributed by atoms with Crippen LogP contribution in [0.3, 0.4) is 0 Å². The zero-order chi connectivity index (χ0) is 16.5. The predicted octanol–water partition coefficient (Wildman–Crippen LogP) is 3.15. The summed E-state index contributed by atoms with van der Waals surface area (Å²) in [5, 5.41) is 10.7. The molecule has 2 fully saturated rings. The molecule has 2 aliphatic rings. The summed E-state index contributed by atoms with van der Waals surface area (Å²) >= 11 is 0. The summed E-state index contributed by atoms with van der Waals surface area (Å²) in [7, 11) is 1.60. The number of aromatic amines is 1. The van der Waals surface area contributed by atoms with Gasteiger partial charge >= 0.3 is 0 Å². The van der Waals surface area contributed by atoms with E-state index >= 15 is 0 Å². The summed E-state index contributed by atoms with van der Waals surface area (Å²) in [6.45, 7) is 0.850. The van der Waals surface area contributed by atoms with E-state index in [4.69, 9.17) is 4.74 Å². The zero-order valence-electron chi connectivity index (χ0n) is 14.1. The van der Waals surface area contributed by atoms with E-state index < -0.39 is 0 Å². The maximum atomic E-state index is 13.2. The number of carbonyl (C=O) groups is 1. The lowest BCUT2D eigenvalue weighted by Gasteiger charge is -2.34. The highest BCUT2D eigenvalue weighted by molar-refractivity contribution is 6.00. The van der Waals surface area contributed by atoms with Crippen molar-refractivity contribution in [1.29, 1.82) is 0 Å². The van der Waals surface area contributed by atoms with Crippen LogP contribution in [0.1, 0.15) is 55.3 Å². The first-order valence-corrected chi connectivity index (χ1v) is 8.97. The van der Waals surface area contributed by atoms with Crippen molar-refractivity contribution in [3.8, 4) is 5.75 Å². The molecule has 2 aromatic rings. The molecule has 0 radical (unpaired) electrons. The standard InChI is InChI=1S/C18H24N4O2/c1-24-17-11-15-14(19-21-20-15)10-13(17)18(23)22-9-5-8-16(22)12-6-3-2-4-7-12/h10-12,16H,2-9H2,1H3,(H,19,20,21)/t16-/m0/s1. The average molecular weight is 328 g/mol. The number of hydrogen-bond donors (Lipinski definition) is 1. The van der Waals surface area contributed by atoms with Gasteiger partial charge in [0.2, 0.25) is 0 Å². The lowest BCUT2D eigenvalue weighted by molar-refractivity contribution is 0.0658. The van der Waals surface area contributed by atoms with Gasteiger partial charge in [0.15, 0.2) is 0 Å². The minimum absolute atomic E-state index is 0.0800. The number of methoxy groups -OCH3 is 1. The molecule has 1 amide bonds. The Balaban J connectivity index is 1.64. The number of benzene rings is 1. The number of rotatable bonds is 3. The third-order valence-electron chi connectivity index (χ3n) is 5.63. The van der Waals surface area contributed by atoms with Crippen molar-refractivity contribution in [3.63, 3.8) is 0 Å². The molecule has 1 saturated heterocycles. The molecule has 2 heterocycles.